The van der Waals surface area contributed by atoms with Crippen molar-refractivity contribution in [3.8, 4) is 0 Å². The van der Waals surface area contributed by atoms with E-state index >= 15 is 0 Å². The van der Waals surface area contributed by atoms with Crippen LogP contribution in [-0.4, -0.2) is 47.2 Å². The highest BCUT2D eigenvalue weighted by Gasteiger charge is 2.34. The fourth-order valence-electron chi connectivity index (χ4n) is 2.66. The number of likely N-dealkylation sites (N-methyl/N-ethyl adjacent to an activating group) is 1. The third kappa shape index (κ3) is 5.27. The molecule has 23 heavy (non-hydrogen) atoms. The number of hydrogen-bond acceptors (Lipinski definition) is 3. The molecular formula is C15H19Cl2N3O3. The summed E-state index contributed by atoms with van der Waals surface area (Å²) in [6, 6.07) is 4.72. The maximum absolute atomic E-state index is 11.9. The quantitative estimate of drug-likeness (QED) is 0.728. The molecule has 0 heterocycles. The topological polar surface area (TPSA) is 81.7 Å². The first-order valence-corrected chi connectivity index (χ1v) is 8.12. The van der Waals surface area contributed by atoms with Crippen LogP contribution in [0.4, 0.5) is 10.5 Å². The number of carboxylic acids is 1. The van der Waals surface area contributed by atoms with Crippen molar-refractivity contribution in [1.82, 2.24) is 10.2 Å². The molecule has 3 N–H and O–H groups in total. The Bertz CT molecular complexity index is 571. The van der Waals surface area contributed by atoms with E-state index in [-0.39, 0.29) is 24.7 Å². The van der Waals surface area contributed by atoms with Gasteiger partial charge in [-0.05, 0) is 37.6 Å². The van der Waals surface area contributed by atoms with Crippen molar-refractivity contribution in [2.24, 2.45) is 0 Å². The Hall–Kier alpha value is -1.50. The normalized spacial score (nSPS) is 20.0. The Morgan fingerprint density at radius 2 is 1.87 bits per heavy atom. The maximum Gasteiger partial charge on any atom is 0.319 e. The van der Waals surface area contributed by atoms with Crippen LogP contribution >= 0.6 is 23.2 Å². The molecule has 1 saturated carbocycles. The molecule has 0 saturated heterocycles. The van der Waals surface area contributed by atoms with E-state index in [2.05, 4.69) is 10.6 Å². The number of carbonyl (C=O) groups is 2. The Balaban J connectivity index is 1.78. The molecule has 2 amide bonds. The molecule has 0 aromatic heterocycles. The Labute approximate surface area is 144 Å². The Kier molecular flexibility index (Phi) is 6.10. The summed E-state index contributed by atoms with van der Waals surface area (Å²) < 4.78 is 0. The zero-order valence-corrected chi connectivity index (χ0v) is 14.2. The summed E-state index contributed by atoms with van der Waals surface area (Å²) in [5, 5.41) is 15.3. The second-order valence-electron chi connectivity index (χ2n) is 5.54. The van der Waals surface area contributed by atoms with E-state index in [9.17, 15) is 9.59 Å². The number of anilines is 1. The van der Waals surface area contributed by atoms with E-state index in [1.807, 2.05) is 11.8 Å². The summed E-state index contributed by atoms with van der Waals surface area (Å²) in [7, 11) is 0. The van der Waals surface area contributed by atoms with E-state index in [4.69, 9.17) is 28.3 Å². The summed E-state index contributed by atoms with van der Waals surface area (Å²) >= 11 is 11.8. The Morgan fingerprint density at radius 1 is 1.26 bits per heavy atom. The lowest BCUT2D eigenvalue weighted by Crippen LogP contribution is -2.55. The smallest absolute Gasteiger partial charge is 0.319 e. The van der Waals surface area contributed by atoms with Gasteiger partial charge in [0.1, 0.15) is 0 Å². The van der Waals surface area contributed by atoms with Gasteiger partial charge >= 0.3 is 12.0 Å². The fourth-order valence-corrected chi connectivity index (χ4v) is 3.18. The third-order valence-electron chi connectivity index (χ3n) is 3.83. The predicted molar refractivity (Wildman–Crippen MR) is 90.3 cm³/mol. The van der Waals surface area contributed by atoms with Crippen LogP contribution in [0.3, 0.4) is 0 Å². The first-order chi connectivity index (χ1) is 10.9. The molecule has 1 aliphatic rings. The van der Waals surface area contributed by atoms with Gasteiger partial charge in [-0.3, -0.25) is 9.69 Å². The van der Waals surface area contributed by atoms with Gasteiger partial charge in [-0.2, -0.15) is 0 Å². The van der Waals surface area contributed by atoms with Crippen LogP contribution in [0.15, 0.2) is 18.2 Å². The van der Waals surface area contributed by atoms with Crippen LogP contribution in [0.25, 0.3) is 0 Å². The molecule has 0 bridgehead atoms. The SMILES string of the molecule is CCN(CC(=O)O)C1CC(NC(=O)Nc2cc(Cl)cc(Cl)c2)C1. The molecule has 6 nitrogen and oxygen atoms in total. The number of halogens is 2. The van der Waals surface area contributed by atoms with Crippen molar-refractivity contribution in [2.75, 3.05) is 18.4 Å². The summed E-state index contributed by atoms with van der Waals surface area (Å²) in [6.07, 6.45) is 1.48. The van der Waals surface area contributed by atoms with Gasteiger partial charge in [0.15, 0.2) is 0 Å². The summed E-state index contributed by atoms with van der Waals surface area (Å²) in [5.41, 5.74) is 0.525. The van der Waals surface area contributed by atoms with Gasteiger partial charge in [0.2, 0.25) is 0 Å². The third-order valence-corrected chi connectivity index (χ3v) is 4.27. The lowest BCUT2D eigenvalue weighted by Gasteiger charge is -2.42. The number of nitrogens with one attached hydrogen (secondary N) is 2. The Morgan fingerprint density at radius 3 is 2.39 bits per heavy atom. The summed E-state index contributed by atoms with van der Waals surface area (Å²) in [6.45, 7) is 2.64. The van der Waals surface area contributed by atoms with Crippen molar-refractivity contribution in [3.05, 3.63) is 28.2 Å². The number of benzene rings is 1. The zero-order valence-electron chi connectivity index (χ0n) is 12.7. The first-order valence-electron chi connectivity index (χ1n) is 7.36. The van der Waals surface area contributed by atoms with E-state index in [1.165, 1.54) is 0 Å². The number of amides is 2. The van der Waals surface area contributed by atoms with E-state index < -0.39 is 5.97 Å². The standard InChI is InChI=1S/C15H19Cl2N3O3/c1-2-20(8-14(21)22)13-6-12(7-13)19-15(23)18-11-4-9(16)3-10(17)5-11/h3-5,12-13H,2,6-8H2,1H3,(H,21,22)(H2,18,19,23). The number of carbonyl (C=O) groups excluding carboxylic acids is 1. The molecule has 2 rings (SSSR count). The van der Waals surface area contributed by atoms with Gasteiger partial charge in [-0.15, -0.1) is 0 Å². The molecule has 0 spiro atoms. The average molecular weight is 360 g/mol. The van der Waals surface area contributed by atoms with Crippen LogP contribution in [0, 0.1) is 0 Å². The molecule has 1 aromatic rings. The van der Waals surface area contributed by atoms with Gasteiger partial charge in [0.25, 0.3) is 0 Å². The van der Waals surface area contributed by atoms with E-state index in [0.717, 1.165) is 12.8 Å². The monoisotopic (exact) mass is 359 g/mol. The molecular weight excluding hydrogens is 341 g/mol. The fraction of sp³-hybridized carbons (Fsp3) is 0.467. The molecule has 0 radical (unpaired) electrons. The second-order valence-corrected chi connectivity index (χ2v) is 6.41. The maximum atomic E-state index is 11.9. The van der Waals surface area contributed by atoms with Crippen molar-refractivity contribution in [2.45, 2.75) is 31.8 Å². The summed E-state index contributed by atoms with van der Waals surface area (Å²) in [4.78, 5) is 24.6. The predicted octanol–water partition coefficient (Wildman–Crippen LogP) is 3.05. The highest BCUT2D eigenvalue weighted by atomic mass is 35.5. The van der Waals surface area contributed by atoms with Gasteiger partial charge in [0.05, 0.1) is 6.54 Å². The number of rotatable bonds is 6. The number of hydrogen-bond donors (Lipinski definition) is 3. The number of urea groups is 1. The highest BCUT2D eigenvalue weighted by Crippen LogP contribution is 2.26. The average Bonchev–Trinajstić information content (AvgIpc) is 2.38. The van der Waals surface area contributed by atoms with Crippen molar-refractivity contribution < 1.29 is 14.7 Å². The largest absolute Gasteiger partial charge is 0.480 e. The van der Waals surface area contributed by atoms with E-state index in [1.54, 1.807) is 18.2 Å². The first kappa shape index (κ1) is 17.8. The molecule has 0 atom stereocenters. The van der Waals surface area contributed by atoms with Crippen LogP contribution in [0.2, 0.25) is 10.0 Å². The number of nitrogens with zero attached hydrogens (tertiary/aromatic N) is 1. The lowest BCUT2D eigenvalue weighted by atomic mass is 9.85. The highest BCUT2D eigenvalue weighted by molar-refractivity contribution is 6.35. The summed E-state index contributed by atoms with van der Waals surface area (Å²) in [5.74, 6) is -0.834. The molecule has 1 aliphatic carbocycles. The van der Waals surface area contributed by atoms with Crippen molar-refractivity contribution in [1.29, 1.82) is 0 Å². The molecule has 8 heteroatoms. The molecule has 0 aliphatic heterocycles. The van der Waals surface area contributed by atoms with Gasteiger partial charge < -0.3 is 15.7 Å². The zero-order chi connectivity index (χ0) is 17.0. The number of aliphatic carboxylic acids is 1. The van der Waals surface area contributed by atoms with Crippen molar-refractivity contribution >= 4 is 40.9 Å². The number of carboxylic acid groups (broad SMARTS) is 1. The minimum atomic E-state index is -0.834. The molecule has 0 unspecified atom stereocenters. The van der Waals surface area contributed by atoms with Gasteiger partial charge in [-0.25, -0.2) is 4.79 Å². The second kappa shape index (κ2) is 7.86. The minimum Gasteiger partial charge on any atom is -0.480 e. The molecule has 1 fully saturated rings. The van der Waals surface area contributed by atoms with Crippen LogP contribution in [-0.2, 0) is 4.79 Å². The van der Waals surface area contributed by atoms with Crippen molar-refractivity contribution in [3.63, 3.8) is 0 Å². The van der Waals surface area contributed by atoms with E-state index in [0.29, 0.717) is 22.3 Å². The minimum absolute atomic E-state index is 0.0289. The van der Waals surface area contributed by atoms with Crippen LogP contribution in [0.5, 0.6) is 0 Å². The molecule has 1 aromatic carbocycles. The van der Waals surface area contributed by atoms with Crippen LogP contribution < -0.4 is 10.6 Å². The lowest BCUT2D eigenvalue weighted by molar-refractivity contribution is -0.139. The van der Waals surface area contributed by atoms with Crippen LogP contribution in [0.1, 0.15) is 19.8 Å². The van der Waals surface area contributed by atoms with Gasteiger partial charge in [-0.1, -0.05) is 30.1 Å². The molecule has 126 valence electrons. The van der Waals surface area contributed by atoms with Gasteiger partial charge in [0, 0.05) is 27.8 Å².